The second-order valence-corrected chi connectivity index (χ2v) is 6.99. The average Bonchev–Trinajstić information content (AvgIpc) is 2.90. The summed E-state index contributed by atoms with van der Waals surface area (Å²) < 4.78 is 11.0. The summed E-state index contributed by atoms with van der Waals surface area (Å²) in [6, 6.07) is 12.9. The van der Waals surface area contributed by atoms with Gasteiger partial charge in [0.1, 0.15) is 11.5 Å². The zero-order chi connectivity index (χ0) is 18.8. The molecule has 1 aliphatic heterocycles. The maximum atomic E-state index is 12.5. The van der Waals surface area contributed by atoms with Gasteiger partial charge in [-0.3, -0.25) is 9.59 Å². The minimum atomic E-state index is -0.324. The molecule has 0 aromatic heterocycles. The van der Waals surface area contributed by atoms with Crippen molar-refractivity contribution in [3.63, 3.8) is 0 Å². The molecule has 0 atom stereocenters. The SMILES string of the molecule is CC(C)C(=O)Oc1ccc2c(c1)OC(=Cc1ccc(C(C)C)cc1)C2=O. The molecule has 0 aliphatic carbocycles. The highest BCUT2D eigenvalue weighted by molar-refractivity contribution is 6.14. The quantitative estimate of drug-likeness (QED) is 0.443. The fraction of sp³-hybridized carbons (Fsp3) is 0.273. The Hall–Kier alpha value is -2.88. The van der Waals surface area contributed by atoms with E-state index in [1.807, 2.05) is 24.3 Å². The van der Waals surface area contributed by atoms with Gasteiger partial charge in [-0.2, -0.15) is 0 Å². The highest BCUT2D eigenvalue weighted by Crippen LogP contribution is 2.35. The summed E-state index contributed by atoms with van der Waals surface area (Å²) >= 11 is 0. The maximum absolute atomic E-state index is 12.5. The third-order valence-corrected chi connectivity index (χ3v) is 4.23. The van der Waals surface area contributed by atoms with Gasteiger partial charge in [0.15, 0.2) is 5.76 Å². The van der Waals surface area contributed by atoms with Crippen LogP contribution in [0.25, 0.3) is 6.08 Å². The predicted molar refractivity (Wildman–Crippen MR) is 100 cm³/mol. The first-order valence-electron chi connectivity index (χ1n) is 8.75. The van der Waals surface area contributed by atoms with Crippen molar-refractivity contribution in [3.8, 4) is 11.5 Å². The molecule has 0 N–H and O–H groups in total. The number of ketones is 1. The minimum absolute atomic E-state index is 0.172. The number of carbonyl (C=O) groups is 2. The molecule has 1 aliphatic rings. The van der Waals surface area contributed by atoms with E-state index in [1.165, 1.54) is 5.56 Å². The molecule has 134 valence electrons. The predicted octanol–water partition coefficient (Wildman–Crippen LogP) is 4.99. The smallest absolute Gasteiger partial charge is 0.313 e. The number of allylic oxidation sites excluding steroid dienone is 1. The number of ether oxygens (including phenoxy) is 2. The normalized spacial score (nSPS) is 14.7. The van der Waals surface area contributed by atoms with Crippen molar-refractivity contribution < 1.29 is 19.1 Å². The van der Waals surface area contributed by atoms with E-state index in [9.17, 15) is 9.59 Å². The van der Waals surface area contributed by atoms with Crippen LogP contribution in [0.1, 0.15) is 55.1 Å². The van der Waals surface area contributed by atoms with E-state index in [4.69, 9.17) is 9.47 Å². The lowest BCUT2D eigenvalue weighted by Crippen LogP contribution is -2.14. The van der Waals surface area contributed by atoms with Gasteiger partial charge < -0.3 is 9.47 Å². The monoisotopic (exact) mass is 350 g/mol. The van der Waals surface area contributed by atoms with Crippen LogP contribution in [0.4, 0.5) is 0 Å². The summed E-state index contributed by atoms with van der Waals surface area (Å²) in [7, 11) is 0. The van der Waals surface area contributed by atoms with Crippen LogP contribution in [0.5, 0.6) is 11.5 Å². The molecule has 1 heterocycles. The lowest BCUT2D eigenvalue weighted by atomic mass is 10.0. The van der Waals surface area contributed by atoms with Crippen LogP contribution < -0.4 is 9.47 Å². The molecule has 0 bridgehead atoms. The average molecular weight is 350 g/mol. The molecule has 0 fully saturated rings. The molecule has 0 radical (unpaired) electrons. The summed E-state index contributed by atoms with van der Waals surface area (Å²) in [5.41, 5.74) is 2.61. The van der Waals surface area contributed by atoms with Crippen LogP contribution in [-0.4, -0.2) is 11.8 Å². The van der Waals surface area contributed by atoms with Crippen molar-refractivity contribution in [1.82, 2.24) is 0 Å². The molecule has 0 saturated carbocycles. The molecule has 0 saturated heterocycles. The fourth-order valence-corrected chi connectivity index (χ4v) is 2.59. The van der Waals surface area contributed by atoms with E-state index in [-0.39, 0.29) is 23.4 Å². The molecule has 0 amide bonds. The lowest BCUT2D eigenvalue weighted by molar-refractivity contribution is -0.137. The molecular weight excluding hydrogens is 328 g/mol. The number of fused-ring (bicyclic) bond motifs is 1. The van der Waals surface area contributed by atoms with E-state index in [0.717, 1.165) is 5.56 Å². The second-order valence-electron chi connectivity index (χ2n) is 6.99. The Morgan fingerprint density at radius 2 is 1.73 bits per heavy atom. The first kappa shape index (κ1) is 17.9. The van der Waals surface area contributed by atoms with Crippen molar-refractivity contribution >= 4 is 17.8 Å². The van der Waals surface area contributed by atoms with Crippen molar-refractivity contribution in [2.75, 3.05) is 0 Å². The zero-order valence-corrected chi connectivity index (χ0v) is 15.4. The van der Waals surface area contributed by atoms with Gasteiger partial charge in [0, 0.05) is 6.07 Å². The number of esters is 1. The van der Waals surface area contributed by atoms with Gasteiger partial charge in [0.05, 0.1) is 11.5 Å². The van der Waals surface area contributed by atoms with Gasteiger partial charge in [-0.25, -0.2) is 0 Å². The highest BCUT2D eigenvalue weighted by Gasteiger charge is 2.28. The maximum Gasteiger partial charge on any atom is 0.313 e. The molecule has 26 heavy (non-hydrogen) atoms. The topological polar surface area (TPSA) is 52.6 Å². The summed E-state index contributed by atoms with van der Waals surface area (Å²) in [5.74, 6) is 0.786. The first-order valence-corrected chi connectivity index (χ1v) is 8.75. The van der Waals surface area contributed by atoms with E-state index >= 15 is 0 Å². The molecular formula is C22H22O4. The van der Waals surface area contributed by atoms with Gasteiger partial charge in [0.2, 0.25) is 5.78 Å². The molecule has 4 heteroatoms. The highest BCUT2D eigenvalue weighted by atomic mass is 16.5. The molecule has 2 aromatic carbocycles. The minimum Gasteiger partial charge on any atom is -0.452 e. The number of Topliss-reactive ketones (excluding diaryl/α,β-unsaturated/α-hetero) is 1. The van der Waals surface area contributed by atoms with Gasteiger partial charge in [-0.15, -0.1) is 0 Å². The summed E-state index contributed by atoms with van der Waals surface area (Å²) in [6.45, 7) is 7.80. The van der Waals surface area contributed by atoms with E-state index in [1.54, 1.807) is 38.1 Å². The Bertz CT molecular complexity index is 874. The zero-order valence-electron chi connectivity index (χ0n) is 15.4. The number of rotatable bonds is 4. The second kappa shape index (κ2) is 7.16. The fourth-order valence-electron chi connectivity index (χ4n) is 2.59. The number of benzene rings is 2. The van der Waals surface area contributed by atoms with E-state index in [2.05, 4.69) is 13.8 Å². The van der Waals surface area contributed by atoms with Crippen molar-refractivity contribution in [2.24, 2.45) is 5.92 Å². The van der Waals surface area contributed by atoms with Crippen molar-refractivity contribution in [3.05, 3.63) is 64.9 Å². The number of carbonyl (C=O) groups excluding carboxylic acids is 2. The molecule has 0 unspecified atom stereocenters. The summed E-state index contributed by atoms with van der Waals surface area (Å²) in [5, 5.41) is 0. The first-order chi connectivity index (χ1) is 12.3. The van der Waals surface area contributed by atoms with Crippen LogP contribution in [0, 0.1) is 5.92 Å². The Balaban J connectivity index is 1.81. The number of hydrogen-bond donors (Lipinski definition) is 0. The van der Waals surface area contributed by atoms with E-state index < -0.39 is 0 Å². The Morgan fingerprint density at radius 3 is 2.35 bits per heavy atom. The van der Waals surface area contributed by atoms with Gasteiger partial charge in [-0.05, 0) is 35.3 Å². The van der Waals surface area contributed by atoms with Crippen LogP contribution in [0.3, 0.4) is 0 Å². The van der Waals surface area contributed by atoms with Gasteiger partial charge in [0.25, 0.3) is 0 Å². The van der Waals surface area contributed by atoms with Gasteiger partial charge in [-0.1, -0.05) is 52.0 Å². The van der Waals surface area contributed by atoms with Gasteiger partial charge >= 0.3 is 5.97 Å². The van der Waals surface area contributed by atoms with Crippen LogP contribution in [0.15, 0.2) is 48.2 Å². The molecule has 2 aromatic rings. The van der Waals surface area contributed by atoms with Crippen molar-refractivity contribution in [1.29, 1.82) is 0 Å². The molecule has 3 rings (SSSR count). The summed E-state index contributed by atoms with van der Waals surface area (Å²) in [6.07, 6.45) is 1.73. The van der Waals surface area contributed by atoms with E-state index in [0.29, 0.717) is 23.0 Å². The molecule has 4 nitrogen and oxygen atoms in total. The molecule has 0 spiro atoms. The Morgan fingerprint density at radius 1 is 1.04 bits per heavy atom. The Kier molecular flexibility index (Phi) is 4.94. The van der Waals surface area contributed by atoms with Crippen LogP contribution in [0.2, 0.25) is 0 Å². The lowest BCUT2D eigenvalue weighted by Gasteiger charge is -2.07. The Labute approximate surface area is 153 Å². The largest absolute Gasteiger partial charge is 0.452 e. The van der Waals surface area contributed by atoms with Crippen LogP contribution >= 0.6 is 0 Å². The standard InChI is InChI=1S/C22H22O4/c1-13(2)16-7-5-15(6-8-16)11-20-21(23)18-10-9-17(12-19(18)26-20)25-22(24)14(3)4/h5-14H,1-4H3. The summed E-state index contributed by atoms with van der Waals surface area (Å²) in [4.78, 5) is 24.2. The third-order valence-electron chi connectivity index (χ3n) is 4.23. The van der Waals surface area contributed by atoms with Crippen molar-refractivity contribution in [2.45, 2.75) is 33.6 Å². The third kappa shape index (κ3) is 3.69. The number of hydrogen-bond acceptors (Lipinski definition) is 4. The van der Waals surface area contributed by atoms with Crippen LogP contribution in [-0.2, 0) is 4.79 Å².